The molecule has 1 N–H and O–H groups in total. The molecule has 5 heteroatoms. The Balaban J connectivity index is 1.66. The van der Waals surface area contributed by atoms with Gasteiger partial charge in [-0.05, 0) is 48.9 Å². The summed E-state index contributed by atoms with van der Waals surface area (Å²) in [7, 11) is 0. The SMILES string of the molecule is Cc1ccc([C@@H]2c3cccn3CCN2C(=O)Nc2ccc(Cl)cc2)cc1. The summed E-state index contributed by atoms with van der Waals surface area (Å²) in [5.41, 5.74) is 4.19. The van der Waals surface area contributed by atoms with Gasteiger partial charge in [0.25, 0.3) is 0 Å². The van der Waals surface area contributed by atoms with Gasteiger partial charge in [0.05, 0.1) is 6.04 Å². The van der Waals surface area contributed by atoms with Crippen LogP contribution in [0, 0.1) is 6.92 Å². The normalized spacial score (nSPS) is 16.2. The smallest absolute Gasteiger partial charge is 0.322 e. The Kier molecular flexibility index (Phi) is 4.43. The van der Waals surface area contributed by atoms with Crippen molar-refractivity contribution in [2.75, 3.05) is 11.9 Å². The molecule has 1 aromatic heterocycles. The molecule has 26 heavy (non-hydrogen) atoms. The van der Waals surface area contributed by atoms with E-state index in [1.807, 2.05) is 23.1 Å². The Morgan fingerprint density at radius 2 is 1.77 bits per heavy atom. The number of carbonyl (C=O) groups is 1. The van der Waals surface area contributed by atoms with Crippen molar-refractivity contribution >= 4 is 23.3 Å². The zero-order valence-corrected chi connectivity index (χ0v) is 15.3. The Labute approximate surface area is 158 Å². The molecule has 4 rings (SSSR count). The molecule has 0 spiro atoms. The number of nitrogens with zero attached hydrogens (tertiary/aromatic N) is 2. The van der Waals surface area contributed by atoms with Crippen molar-refractivity contribution in [1.29, 1.82) is 0 Å². The number of hydrogen-bond acceptors (Lipinski definition) is 1. The third kappa shape index (κ3) is 3.20. The zero-order valence-electron chi connectivity index (χ0n) is 14.5. The number of aromatic nitrogens is 1. The average Bonchev–Trinajstić information content (AvgIpc) is 3.12. The van der Waals surface area contributed by atoms with Crippen LogP contribution < -0.4 is 5.32 Å². The molecule has 132 valence electrons. The largest absolute Gasteiger partial charge is 0.348 e. The second-order valence-electron chi connectivity index (χ2n) is 6.57. The summed E-state index contributed by atoms with van der Waals surface area (Å²) in [6, 6.07) is 19.5. The summed E-state index contributed by atoms with van der Waals surface area (Å²) in [6.07, 6.45) is 2.07. The first-order valence-corrected chi connectivity index (χ1v) is 9.04. The molecule has 4 nitrogen and oxygen atoms in total. The first-order chi connectivity index (χ1) is 12.6. The highest BCUT2D eigenvalue weighted by Gasteiger charge is 2.32. The Hall–Kier alpha value is -2.72. The minimum Gasteiger partial charge on any atom is -0.348 e. The summed E-state index contributed by atoms with van der Waals surface area (Å²) in [5, 5.41) is 3.64. The van der Waals surface area contributed by atoms with Gasteiger partial charge in [-0.1, -0.05) is 41.4 Å². The molecule has 1 aliphatic rings. The molecule has 0 saturated heterocycles. The Morgan fingerprint density at radius 1 is 1.04 bits per heavy atom. The summed E-state index contributed by atoms with van der Waals surface area (Å²) < 4.78 is 2.22. The summed E-state index contributed by atoms with van der Waals surface area (Å²) in [5.74, 6) is 0. The number of hydrogen-bond donors (Lipinski definition) is 1. The van der Waals surface area contributed by atoms with Crippen LogP contribution in [0.1, 0.15) is 22.9 Å². The van der Waals surface area contributed by atoms with Crippen molar-refractivity contribution in [3.63, 3.8) is 0 Å². The lowest BCUT2D eigenvalue weighted by Crippen LogP contribution is -2.44. The van der Waals surface area contributed by atoms with Crippen LogP contribution in [0.15, 0.2) is 66.9 Å². The van der Waals surface area contributed by atoms with E-state index in [-0.39, 0.29) is 12.1 Å². The highest BCUT2D eigenvalue weighted by atomic mass is 35.5. The van der Waals surface area contributed by atoms with Crippen molar-refractivity contribution in [2.24, 2.45) is 0 Å². The van der Waals surface area contributed by atoms with Gasteiger partial charge in [0, 0.05) is 35.7 Å². The van der Waals surface area contributed by atoms with Crippen molar-refractivity contribution in [1.82, 2.24) is 9.47 Å². The number of anilines is 1. The van der Waals surface area contributed by atoms with Crippen LogP contribution in [0.5, 0.6) is 0 Å². The monoisotopic (exact) mass is 365 g/mol. The molecule has 2 aromatic carbocycles. The highest BCUT2D eigenvalue weighted by molar-refractivity contribution is 6.30. The molecular weight excluding hydrogens is 346 g/mol. The van der Waals surface area contributed by atoms with Crippen molar-refractivity contribution < 1.29 is 4.79 Å². The molecule has 1 aliphatic heterocycles. The van der Waals surface area contributed by atoms with Crippen molar-refractivity contribution in [3.05, 3.63) is 88.7 Å². The number of benzene rings is 2. The van der Waals surface area contributed by atoms with Crippen LogP contribution in [-0.4, -0.2) is 22.0 Å². The van der Waals surface area contributed by atoms with Crippen LogP contribution in [-0.2, 0) is 6.54 Å². The van der Waals surface area contributed by atoms with E-state index < -0.39 is 0 Å². The van der Waals surface area contributed by atoms with Gasteiger partial charge in [-0.15, -0.1) is 0 Å². The minimum atomic E-state index is -0.106. The third-order valence-corrected chi connectivity index (χ3v) is 5.04. The van der Waals surface area contributed by atoms with E-state index in [1.165, 1.54) is 5.56 Å². The maximum Gasteiger partial charge on any atom is 0.322 e. The first-order valence-electron chi connectivity index (χ1n) is 8.66. The lowest BCUT2D eigenvalue weighted by atomic mass is 9.99. The quantitative estimate of drug-likeness (QED) is 0.675. The van der Waals surface area contributed by atoms with Crippen LogP contribution in [0.3, 0.4) is 0 Å². The molecule has 0 aliphatic carbocycles. The van der Waals surface area contributed by atoms with E-state index >= 15 is 0 Å². The molecule has 0 unspecified atom stereocenters. The topological polar surface area (TPSA) is 37.3 Å². The predicted octanol–water partition coefficient (Wildman–Crippen LogP) is 5.09. The van der Waals surface area contributed by atoms with E-state index in [9.17, 15) is 4.79 Å². The van der Waals surface area contributed by atoms with Gasteiger partial charge in [0.2, 0.25) is 0 Å². The maximum absolute atomic E-state index is 13.0. The summed E-state index contributed by atoms with van der Waals surface area (Å²) >= 11 is 5.93. The third-order valence-electron chi connectivity index (χ3n) is 4.79. The number of carbonyl (C=O) groups excluding carboxylic acids is 1. The summed E-state index contributed by atoms with van der Waals surface area (Å²) in [6.45, 7) is 3.51. The molecule has 0 radical (unpaired) electrons. The van der Waals surface area contributed by atoms with E-state index in [1.54, 1.807) is 12.1 Å². The number of nitrogens with one attached hydrogen (secondary N) is 1. The van der Waals surface area contributed by atoms with Crippen LogP contribution in [0.4, 0.5) is 10.5 Å². The fraction of sp³-hybridized carbons (Fsp3) is 0.190. The number of urea groups is 1. The number of halogens is 1. The second kappa shape index (κ2) is 6.89. The molecule has 3 aromatic rings. The standard InChI is InChI=1S/C21H20ClN3O/c1-15-4-6-16(7-5-15)20-19-3-2-12-24(19)13-14-25(20)21(26)23-18-10-8-17(22)9-11-18/h2-12,20H,13-14H2,1H3,(H,23,26)/t20-/m1/s1. The van der Waals surface area contributed by atoms with E-state index in [0.717, 1.165) is 23.5 Å². The van der Waals surface area contributed by atoms with Crippen molar-refractivity contribution in [2.45, 2.75) is 19.5 Å². The van der Waals surface area contributed by atoms with Gasteiger partial charge in [0.15, 0.2) is 0 Å². The fourth-order valence-corrected chi connectivity index (χ4v) is 3.56. The average molecular weight is 366 g/mol. The van der Waals surface area contributed by atoms with Crippen molar-refractivity contribution in [3.8, 4) is 0 Å². The molecule has 2 heterocycles. The van der Waals surface area contributed by atoms with Crippen LogP contribution in [0.25, 0.3) is 0 Å². The van der Waals surface area contributed by atoms with Gasteiger partial charge in [-0.2, -0.15) is 0 Å². The van der Waals surface area contributed by atoms with Gasteiger partial charge in [-0.3, -0.25) is 0 Å². The molecule has 0 bridgehead atoms. The van der Waals surface area contributed by atoms with Gasteiger partial charge >= 0.3 is 6.03 Å². The number of amides is 2. The Morgan fingerprint density at radius 3 is 2.50 bits per heavy atom. The maximum atomic E-state index is 13.0. The van der Waals surface area contributed by atoms with Crippen LogP contribution in [0.2, 0.25) is 5.02 Å². The lowest BCUT2D eigenvalue weighted by molar-refractivity contribution is 0.182. The summed E-state index contributed by atoms with van der Waals surface area (Å²) in [4.78, 5) is 14.9. The predicted molar refractivity (Wildman–Crippen MR) is 105 cm³/mol. The minimum absolute atomic E-state index is 0.105. The second-order valence-corrected chi connectivity index (χ2v) is 7.01. The van der Waals surface area contributed by atoms with E-state index in [0.29, 0.717) is 11.6 Å². The molecular formula is C21H20ClN3O. The zero-order chi connectivity index (χ0) is 18.1. The fourth-order valence-electron chi connectivity index (χ4n) is 3.43. The lowest BCUT2D eigenvalue weighted by Gasteiger charge is -2.37. The van der Waals surface area contributed by atoms with E-state index in [2.05, 4.69) is 53.3 Å². The molecule has 2 amide bonds. The molecule has 1 atom stereocenters. The van der Waals surface area contributed by atoms with Gasteiger partial charge in [0.1, 0.15) is 0 Å². The number of aryl methyl sites for hydroxylation is 1. The van der Waals surface area contributed by atoms with Gasteiger partial charge < -0.3 is 14.8 Å². The van der Waals surface area contributed by atoms with E-state index in [4.69, 9.17) is 11.6 Å². The van der Waals surface area contributed by atoms with Crippen LogP contribution >= 0.6 is 11.6 Å². The number of fused-ring (bicyclic) bond motifs is 1. The molecule has 0 fully saturated rings. The number of rotatable bonds is 2. The van der Waals surface area contributed by atoms with Gasteiger partial charge in [-0.25, -0.2) is 4.79 Å². The Bertz CT molecular complexity index is 915. The highest BCUT2D eigenvalue weighted by Crippen LogP contribution is 2.33. The molecule has 0 saturated carbocycles. The first kappa shape index (κ1) is 16.7.